The molecule has 224 valence electrons. The molecule has 0 radical (unpaired) electrons. The first-order valence-electron chi connectivity index (χ1n) is 14.9. The van der Waals surface area contributed by atoms with Crippen LogP contribution in [-0.2, 0) is 19.1 Å². The van der Waals surface area contributed by atoms with Crippen molar-refractivity contribution in [2.75, 3.05) is 44.8 Å². The van der Waals surface area contributed by atoms with Crippen molar-refractivity contribution in [1.29, 1.82) is 0 Å². The maximum absolute atomic E-state index is 14.6. The van der Waals surface area contributed by atoms with Gasteiger partial charge < -0.3 is 29.3 Å². The molecule has 2 unspecified atom stereocenters. The molecule has 2 bridgehead atoms. The second kappa shape index (κ2) is 12.8. The van der Waals surface area contributed by atoms with Gasteiger partial charge in [-0.25, -0.2) is 0 Å². The average Bonchev–Trinajstić information content (AvgIpc) is 3.59. The molecule has 3 heterocycles. The van der Waals surface area contributed by atoms with Gasteiger partial charge in [-0.1, -0.05) is 26.0 Å². The van der Waals surface area contributed by atoms with Crippen LogP contribution in [0.25, 0.3) is 0 Å². The fourth-order valence-corrected chi connectivity index (χ4v) is 7.28. The molecule has 9 heteroatoms. The Kier molecular flexibility index (Phi) is 9.59. The number of amides is 3. The average molecular weight is 568 g/mol. The molecule has 1 aromatic carbocycles. The highest BCUT2D eigenvalue weighted by atomic mass is 16.5. The molecule has 3 saturated heterocycles. The van der Waals surface area contributed by atoms with Crippen molar-refractivity contribution in [1.82, 2.24) is 9.80 Å². The van der Waals surface area contributed by atoms with Crippen LogP contribution in [0, 0.1) is 11.8 Å². The molecule has 0 aromatic heterocycles. The molecule has 9 nitrogen and oxygen atoms in total. The molecule has 1 aromatic rings. The third kappa shape index (κ3) is 5.18. The molecule has 4 rings (SSSR count). The predicted molar refractivity (Wildman–Crippen MR) is 157 cm³/mol. The first kappa shape index (κ1) is 30.8. The normalized spacial score (nSPS) is 28.0. The van der Waals surface area contributed by atoms with Crippen molar-refractivity contribution < 1.29 is 29.0 Å². The van der Waals surface area contributed by atoms with Gasteiger partial charge in [0.1, 0.15) is 17.4 Å². The van der Waals surface area contributed by atoms with Crippen molar-refractivity contribution in [2.45, 2.75) is 69.6 Å². The minimum absolute atomic E-state index is 0.00621. The summed E-state index contributed by atoms with van der Waals surface area (Å²) in [5.74, 6) is -1.33. The highest BCUT2D eigenvalue weighted by Gasteiger charge is 2.79. The van der Waals surface area contributed by atoms with Crippen molar-refractivity contribution in [2.24, 2.45) is 11.8 Å². The lowest BCUT2D eigenvalue weighted by Gasteiger charge is -2.37. The van der Waals surface area contributed by atoms with E-state index in [0.717, 1.165) is 6.42 Å². The van der Waals surface area contributed by atoms with Gasteiger partial charge in [0.15, 0.2) is 0 Å². The lowest BCUT2D eigenvalue weighted by Crippen LogP contribution is -2.56. The minimum Gasteiger partial charge on any atom is -0.497 e. The Bertz CT molecular complexity index is 1140. The molecule has 3 amide bonds. The molecule has 3 aliphatic heterocycles. The van der Waals surface area contributed by atoms with E-state index in [1.54, 1.807) is 46.1 Å². The van der Waals surface area contributed by atoms with E-state index >= 15 is 0 Å². The molecule has 0 aliphatic carbocycles. The van der Waals surface area contributed by atoms with Crippen LogP contribution in [0.3, 0.4) is 0 Å². The summed E-state index contributed by atoms with van der Waals surface area (Å²) in [7, 11) is 1.58. The van der Waals surface area contributed by atoms with E-state index in [-0.39, 0.29) is 30.9 Å². The zero-order valence-electron chi connectivity index (χ0n) is 24.7. The summed E-state index contributed by atoms with van der Waals surface area (Å²) in [4.78, 5) is 48.2. The monoisotopic (exact) mass is 567 g/mol. The molecule has 3 fully saturated rings. The van der Waals surface area contributed by atoms with Gasteiger partial charge in [-0.15, -0.1) is 13.2 Å². The summed E-state index contributed by atoms with van der Waals surface area (Å²) in [6, 6.07) is 6.31. The Balaban J connectivity index is 1.80. The second-order valence-electron chi connectivity index (χ2n) is 11.3. The number of aliphatic hydroxyl groups excluding tert-OH is 1. The van der Waals surface area contributed by atoms with Crippen LogP contribution in [0.4, 0.5) is 5.69 Å². The fraction of sp³-hybridized carbons (Fsp3) is 0.594. The summed E-state index contributed by atoms with van der Waals surface area (Å²) in [5.41, 5.74) is -1.26. The molecule has 1 spiro atoms. The largest absolute Gasteiger partial charge is 0.497 e. The van der Waals surface area contributed by atoms with Gasteiger partial charge in [-0.05, 0) is 62.8 Å². The highest BCUT2D eigenvalue weighted by molar-refractivity contribution is 6.05. The number of hydrogen-bond donors (Lipinski definition) is 1. The zero-order valence-corrected chi connectivity index (χ0v) is 24.7. The maximum atomic E-state index is 14.6. The van der Waals surface area contributed by atoms with E-state index in [2.05, 4.69) is 13.2 Å². The minimum atomic E-state index is -1.11. The molecule has 3 aliphatic rings. The van der Waals surface area contributed by atoms with E-state index in [1.807, 2.05) is 26.0 Å². The molecular formula is C32H45N3O6. The number of ether oxygens (including phenoxy) is 2. The van der Waals surface area contributed by atoms with Gasteiger partial charge in [-0.3, -0.25) is 14.4 Å². The van der Waals surface area contributed by atoms with Gasteiger partial charge in [-0.2, -0.15) is 0 Å². The Hall–Kier alpha value is -3.17. The van der Waals surface area contributed by atoms with Gasteiger partial charge in [0.05, 0.1) is 24.5 Å². The van der Waals surface area contributed by atoms with Crippen LogP contribution in [0.1, 0.15) is 52.4 Å². The van der Waals surface area contributed by atoms with Crippen LogP contribution >= 0.6 is 0 Å². The van der Waals surface area contributed by atoms with Crippen molar-refractivity contribution in [3.63, 3.8) is 0 Å². The fourth-order valence-electron chi connectivity index (χ4n) is 7.28. The van der Waals surface area contributed by atoms with Gasteiger partial charge in [0, 0.05) is 38.5 Å². The van der Waals surface area contributed by atoms with E-state index in [0.29, 0.717) is 63.2 Å². The number of fused-ring (bicyclic) bond motifs is 1. The number of benzene rings is 1. The highest BCUT2D eigenvalue weighted by Crippen LogP contribution is 2.64. The van der Waals surface area contributed by atoms with Gasteiger partial charge in [0.2, 0.25) is 11.8 Å². The first-order chi connectivity index (χ1) is 19.8. The van der Waals surface area contributed by atoms with Crippen LogP contribution in [0.5, 0.6) is 5.75 Å². The number of methoxy groups -OCH3 is 1. The second-order valence-corrected chi connectivity index (χ2v) is 11.3. The molecular weight excluding hydrogens is 522 g/mol. The van der Waals surface area contributed by atoms with Gasteiger partial charge >= 0.3 is 0 Å². The predicted octanol–water partition coefficient (Wildman–Crippen LogP) is 3.57. The van der Waals surface area contributed by atoms with E-state index < -0.39 is 29.1 Å². The third-order valence-corrected chi connectivity index (χ3v) is 9.10. The Labute approximate surface area is 243 Å². The summed E-state index contributed by atoms with van der Waals surface area (Å²) < 4.78 is 12.2. The zero-order chi connectivity index (χ0) is 29.8. The van der Waals surface area contributed by atoms with Crippen LogP contribution in [0.15, 0.2) is 49.6 Å². The van der Waals surface area contributed by atoms with Crippen molar-refractivity contribution in [3.05, 3.63) is 49.6 Å². The topological polar surface area (TPSA) is 99.6 Å². The Morgan fingerprint density at radius 2 is 1.83 bits per heavy atom. The van der Waals surface area contributed by atoms with Crippen molar-refractivity contribution >= 4 is 23.4 Å². The first-order valence-corrected chi connectivity index (χ1v) is 14.9. The number of rotatable bonds is 15. The van der Waals surface area contributed by atoms with E-state index in [4.69, 9.17) is 9.47 Å². The number of aliphatic hydroxyl groups is 1. The Morgan fingerprint density at radius 1 is 1.12 bits per heavy atom. The van der Waals surface area contributed by atoms with Crippen molar-refractivity contribution in [3.8, 4) is 5.75 Å². The summed E-state index contributed by atoms with van der Waals surface area (Å²) in [6.07, 6.45) is 6.89. The molecule has 0 saturated carbocycles. The lowest BCUT2D eigenvalue weighted by molar-refractivity contribution is -0.151. The molecule has 5 atom stereocenters. The maximum Gasteiger partial charge on any atom is 0.253 e. The number of unbranched alkanes of at least 4 members (excludes halogenated alkanes) is 1. The third-order valence-electron chi connectivity index (χ3n) is 9.10. The Morgan fingerprint density at radius 3 is 2.41 bits per heavy atom. The molecule has 41 heavy (non-hydrogen) atoms. The number of nitrogens with zero attached hydrogens (tertiary/aromatic N) is 3. The number of likely N-dealkylation sites (tertiary alicyclic amines) is 1. The standard InChI is InChI=1S/C32H45N3O6/c1-6-18-33(19-7-2)28(37)25-26-29(38)35(21-10-11-22-36)27(32(26)17-16-31(25,9-4)41-32)30(39)34(20-8-3)23-12-14-24(40-5)15-13-23/h6,8,12-15,25-27,36H,1,3,7,9-11,16-22H2,2,4-5H3/t25-,26+,27?,31+,32?/m1/s1. The van der Waals surface area contributed by atoms with Gasteiger partial charge in [0.25, 0.3) is 5.91 Å². The summed E-state index contributed by atoms with van der Waals surface area (Å²) in [5, 5.41) is 9.46. The van der Waals surface area contributed by atoms with E-state index in [9.17, 15) is 19.5 Å². The number of carbonyl (C=O) groups excluding carboxylic acids is 3. The number of carbonyl (C=O) groups is 3. The van der Waals surface area contributed by atoms with Crippen LogP contribution < -0.4 is 9.64 Å². The molecule has 1 N–H and O–H groups in total. The number of anilines is 1. The summed E-state index contributed by atoms with van der Waals surface area (Å²) >= 11 is 0. The van der Waals surface area contributed by atoms with E-state index in [1.165, 1.54) is 0 Å². The lowest BCUT2D eigenvalue weighted by atomic mass is 9.64. The smallest absolute Gasteiger partial charge is 0.253 e. The quantitative estimate of drug-likeness (QED) is 0.257. The van der Waals surface area contributed by atoms with Crippen LogP contribution in [0.2, 0.25) is 0 Å². The SMILES string of the molecule is C=CCN(CCC)C(=O)[C@H]1[C@H]2C(=O)N(CCCCO)C(C(=O)N(CC=C)c3ccc(OC)cc3)C23CC[C@]1(CC)O3. The van der Waals surface area contributed by atoms with Crippen LogP contribution in [-0.4, -0.2) is 89.8 Å². The summed E-state index contributed by atoms with van der Waals surface area (Å²) in [6.45, 7) is 13.2. The number of hydrogen-bond acceptors (Lipinski definition) is 6.